The third-order valence-electron chi connectivity index (χ3n) is 10.6. The van der Waals surface area contributed by atoms with Gasteiger partial charge in [-0.15, -0.1) is 0 Å². The van der Waals surface area contributed by atoms with Crippen LogP contribution < -0.4 is 5.73 Å². The first kappa shape index (κ1) is 32.4. The van der Waals surface area contributed by atoms with Gasteiger partial charge >= 0.3 is 0 Å². The Bertz CT molecular complexity index is 1400. The smallest absolute Gasteiger partial charge is 0.235 e. The number of carbonyl (C=O) groups excluding carboxylic acids is 5. The van der Waals surface area contributed by atoms with Gasteiger partial charge in [0.1, 0.15) is 5.75 Å². The summed E-state index contributed by atoms with van der Waals surface area (Å²) in [6.07, 6.45) is -0.108. The fourth-order valence-corrected chi connectivity index (χ4v) is 8.24. The molecule has 240 valence electrons. The van der Waals surface area contributed by atoms with E-state index in [4.69, 9.17) is 10.5 Å². The quantitative estimate of drug-likeness (QED) is 0.298. The second-order valence-corrected chi connectivity index (χ2v) is 13.7. The summed E-state index contributed by atoms with van der Waals surface area (Å²) < 4.78 is 5.41. The Hall–Kier alpha value is -3.03. The Morgan fingerprint density at radius 3 is 2.36 bits per heavy atom. The molecule has 5 rings (SSSR count). The van der Waals surface area contributed by atoms with E-state index in [9.17, 15) is 39.3 Å². The highest BCUT2D eigenvalue weighted by Crippen LogP contribution is 2.55. The summed E-state index contributed by atoms with van der Waals surface area (Å²) in [6.45, 7) is 9.62. The maximum Gasteiger partial charge on any atom is 0.235 e. The van der Waals surface area contributed by atoms with Crippen LogP contribution in [0.2, 0.25) is 0 Å². The highest BCUT2D eigenvalue weighted by Gasteiger charge is 2.73. The number of aliphatic hydroxyl groups excluding tert-OH is 1. The molecule has 0 aromatic heterocycles. The van der Waals surface area contributed by atoms with E-state index < -0.39 is 81.8 Å². The summed E-state index contributed by atoms with van der Waals surface area (Å²) in [4.78, 5) is 71.1. The van der Waals surface area contributed by atoms with Crippen molar-refractivity contribution >= 4 is 29.0 Å². The van der Waals surface area contributed by atoms with Crippen LogP contribution >= 0.6 is 0 Å². The topological polar surface area (TPSA) is 188 Å². The zero-order chi connectivity index (χ0) is 32.5. The molecular formula is C32H43N3O9. The first-order chi connectivity index (χ1) is 20.6. The zero-order valence-electron chi connectivity index (χ0n) is 25.9. The fraction of sp³-hybridized carbons (Fsp3) is 0.656. The number of likely N-dealkylation sites (N-methyl/N-ethyl adjacent to an activating group) is 1. The van der Waals surface area contributed by atoms with Gasteiger partial charge in [-0.1, -0.05) is 32.9 Å². The molecule has 1 saturated heterocycles. The van der Waals surface area contributed by atoms with Gasteiger partial charge < -0.3 is 25.8 Å². The number of ketones is 4. The Labute approximate surface area is 256 Å². The lowest BCUT2D eigenvalue weighted by Gasteiger charge is -2.56. The molecule has 12 nitrogen and oxygen atoms in total. The van der Waals surface area contributed by atoms with Crippen LogP contribution in [0.4, 0.5) is 0 Å². The van der Waals surface area contributed by atoms with Crippen LogP contribution in [0.25, 0.3) is 0 Å². The minimum atomic E-state index is -3.01. The molecule has 0 radical (unpaired) electrons. The Balaban J connectivity index is 1.53. The van der Waals surface area contributed by atoms with Gasteiger partial charge in [-0.3, -0.25) is 33.8 Å². The summed E-state index contributed by atoms with van der Waals surface area (Å²) >= 11 is 0. The monoisotopic (exact) mass is 613 g/mol. The molecule has 44 heavy (non-hydrogen) atoms. The van der Waals surface area contributed by atoms with E-state index in [1.807, 2.05) is 13.8 Å². The van der Waals surface area contributed by atoms with Crippen LogP contribution in [0.1, 0.15) is 61.0 Å². The van der Waals surface area contributed by atoms with Crippen molar-refractivity contribution < 1.29 is 44.0 Å². The maximum absolute atomic E-state index is 14.2. The number of benzene rings is 1. The molecule has 3 fully saturated rings. The van der Waals surface area contributed by atoms with Crippen LogP contribution in [-0.2, 0) is 29.3 Å². The van der Waals surface area contributed by atoms with Crippen molar-refractivity contribution in [2.45, 2.75) is 62.7 Å². The molecule has 1 aliphatic heterocycles. The summed E-state index contributed by atoms with van der Waals surface area (Å²) in [5.74, 6) is -13.1. The molecule has 5 N–H and O–H groups in total. The van der Waals surface area contributed by atoms with E-state index in [1.165, 1.54) is 19.0 Å². The minimum absolute atomic E-state index is 0.0740. The lowest BCUT2D eigenvalue weighted by Crippen LogP contribution is -2.77. The first-order valence-corrected chi connectivity index (χ1v) is 15.3. The molecule has 0 bridgehead atoms. The zero-order valence-corrected chi connectivity index (χ0v) is 25.9. The number of nitrogens with zero attached hydrogens (tertiary/aromatic N) is 2. The molecule has 2 unspecified atom stereocenters. The summed E-state index contributed by atoms with van der Waals surface area (Å²) in [7, 11) is 2.93. The van der Waals surface area contributed by atoms with Gasteiger partial charge in [-0.25, -0.2) is 0 Å². The third-order valence-corrected chi connectivity index (χ3v) is 10.6. The molecule has 0 spiro atoms. The van der Waals surface area contributed by atoms with E-state index >= 15 is 0 Å². The van der Waals surface area contributed by atoms with Crippen molar-refractivity contribution in [1.82, 2.24) is 9.80 Å². The van der Waals surface area contributed by atoms with Crippen molar-refractivity contribution in [1.29, 1.82) is 0 Å². The molecular weight excluding hydrogens is 570 g/mol. The SMILES string of the molecule is C[C@H]1c2ccc(C(C)(C)CCCN3CCOCC3)c(O)c2C(=O)C2C(=O)[C@]3(O)C(=O)C(C(N)=O)C(=O)[C@@H](N(C)C)[C@@H]3[C@@H](O)[C@@H]21. The lowest BCUT2D eigenvalue weighted by atomic mass is 9.49. The molecule has 8 atom stereocenters. The second-order valence-electron chi connectivity index (χ2n) is 13.7. The van der Waals surface area contributed by atoms with E-state index in [-0.39, 0.29) is 11.3 Å². The molecule has 2 saturated carbocycles. The molecule has 1 aromatic rings. The van der Waals surface area contributed by atoms with Gasteiger partial charge in [-0.2, -0.15) is 0 Å². The van der Waals surface area contributed by atoms with E-state index in [1.54, 1.807) is 19.1 Å². The number of hydrogen-bond acceptors (Lipinski definition) is 11. The number of primary amides is 1. The molecule has 3 aliphatic carbocycles. The predicted molar refractivity (Wildman–Crippen MR) is 157 cm³/mol. The molecule has 1 heterocycles. The Morgan fingerprint density at radius 2 is 1.77 bits per heavy atom. The number of rotatable bonds is 7. The van der Waals surface area contributed by atoms with Crippen molar-refractivity contribution in [3.8, 4) is 5.75 Å². The number of amides is 1. The minimum Gasteiger partial charge on any atom is -0.507 e. The van der Waals surface area contributed by atoms with Crippen molar-refractivity contribution in [3.05, 3.63) is 28.8 Å². The van der Waals surface area contributed by atoms with Crippen LogP contribution in [0.15, 0.2) is 12.1 Å². The van der Waals surface area contributed by atoms with Crippen molar-refractivity contribution in [2.75, 3.05) is 46.9 Å². The predicted octanol–water partition coefficient (Wildman–Crippen LogP) is -0.211. The van der Waals surface area contributed by atoms with Crippen LogP contribution in [0.3, 0.4) is 0 Å². The molecule has 1 amide bonds. The molecule has 12 heteroatoms. The normalized spacial score (nSPS) is 34.5. The van der Waals surface area contributed by atoms with Crippen LogP contribution in [-0.4, -0.2) is 119 Å². The highest BCUT2D eigenvalue weighted by atomic mass is 16.5. The van der Waals surface area contributed by atoms with E-state index in [0.717, 1.165) is 26.1 Å². The number of aliphatic hydroxyl groups is 2. The van der Waals surface area contributed by atoms with Crippen molar-refractivity contribution in [2.24, 2.45) is 29.4 Å². The van der Waals surface area contributed by atoms with Crippen molar-refractivity contribution in [3.63, 3.8) is 0 Å². The number of ether oxygens (including phenoxy) is 1. The van der Waals surface area contributed by atoms with E-state index in [0.29, 0.717) is 30.8 Å². The van der Waals surface area contributed by atoms with Gasteiger partial charge in [0, 0.05) is 24.6 Å². The maximum atomic E-state index is 14.2. The van der Waals surface area contributed by atoms with Gasteiger partial charge in [-0.05, 0) is 50.4 Å². The van der Waals surface area contributed by atoms with Gasteiger partial charge in [0.15, 0.2) is 34.7 Å². The van der Waals surface area contributed by atoms with Gasteiger partial charge in [0.05, 0.1) is 42.8 Å². The largest absolute Gasteiger partial charge is 0.507 e. The number of phenolic OH excluding ortho intramolecular Hbond substituents is 1. The first-order valence-electron chi connectivity index (χ1n) is 15.3. The highest BCUT2D eigenvalue weighted by molar-refractivity contribution is 6.32. The third kappa shape index (κ3) is 4.73. The Morgan fingerprint density at radius 1 is 1.14 bits per heavy atom. The molecule has 4 aliphatic rings. The summed E-state index contributed by atoms with van der Waals surface area (Å²) in [5, 5.41) is 35.2. The van der Waals surface area contributed by atoms with Crippen LogP contribution in [0, 0.1) is 23.7 Å². The number of morpholine rings is 1. The van der Waals surface area contributed by atoms with Gasteiger partial charge in [0.25, 0.3) is 0 Å². The summed E-state index contributed by atoms with van der Waals surface area (Å²) in [6, 6.07) is 2.11. The number of fused-ring (bicyclic) bond motifs is 3. The van der Waals surface area contributed by atoms with Gasteiger partial charge in [0.2, 0.25) is 5.91 Å². The number of Topliss-reactive ketones (excluding diaryl/α,β-unsaturated/α-hetero) is 4. The average Bonchev–Trinajstić information content (AvgIpc) is 2.95. The number of phenols is 1. The fourth-order valence-electron chi connectivity index (χ4n) is 8.24. The number of aromatic hydroxyl groups is 1. The second kappa shape index (κ2) is 11.4. The number of hydrogen-bond donors (Lipinski definition) is 4. The standard InChI is InChI=1S/C32H43N3O9/c1-15-16-7-8-17(31(2,3)9-6-10-35-11-13-44-14-12-35)24(36)19(16)25(37)20-18(15)26(38)22-23(34(4)5)27(39)21(30(33)42)29(41)32(22,43)28(20)40/h7-8,15,18,20-23,26,36,38,43H,6,9-14H2,1-5H3,(H2,33,42)/t15-,18+,20?,21?,22+,23-,26-,32-/m0/s1. The number of carbonyl (C=O) groups is 5. The molecule has 1 aromatic carbocycles. The number of nitrogens with two attached hydrogens (primary N) is 1. The average molecular weight is 614 g/mol. The van der Waals surface area contributed by atoms with Crippen LogP contribution in [0.5, 0.6) is 5.75 Å². The lowest BCUT2D eigenvalue weighted by molar-refractivity contribution is -0.196. The van der Waals surface area contributed by atoms with E-state index in [2.05, 4.69) is 4.90 Å². The Kier molecular flexibility index (Phi) is 8.39. The summed E-state index contributed by atoms with van der Waals surface area (Å²) in [5.41, 5.74) is 2.71.